The largest absolute Gasteiger partial charge is 0.492 e. The van der Waals surface area contributed by atoms with Crippen LogP contribution in [0, 0.1) is 22.7 Å². The van der Waals surface area contributed by atoms with Gasteiger partial charge in [-0.25, -0.2) is 0 Å². The number of nitriles is 2. The number of likely N-dealkylation sites (N-methyl/N-ethyl adjacent to an activating group) is 1. The van der Waals surface area contributed by atoms with E-state index in [1.807, 2.05) is 36.2 Å². The van der Waals surface area contributed by atoms with Crippen LogP contribution in [0.5, 0.6) is 5.75 Å². The maximum atomic E-state index is 8.58. The van der Waals surface area contributed by atoms with Crippen molar-refractivity contribution >= 4 is 6.08 Å². The summed E-state index contributed by atoms with van der Waals surface area (Å²) in [4.78, 5) is 1.92. The maximum Gasteiger partial charge on any atom is 0.129 e. The molecule has 106 valence electrons. The first-order valence-corrected chi connectivity index (χ1v) is 6.44. The van der Waals surface area contributed by atoms with Crippen LogP contribution in [0.2, 0.25) is 0 Å². The molecule has 0 unspecified atom stereocenters. The molecule has 0 aliphatic rings. The van der Waals surface area contributed by atoms with E-state index in [0.29, 0.717) is 13.2 Å². The fourth-order valence-corrected chi connectivity index (χ4v) is 1.47. The van der Waals surface area contributed by atoms with Crippen LogP contribution in [0.1, 0.15) is 5.56 Å². The Morgan fingerprint density at radius 1 is 1.29 bits per heavy atom. The minimum absolute atomic E-state index is 0.0817. The lowest BCUT2D eigenvalue weighted by Gasteiger charge is -2.14. The number of hydrogen-bond acceptors (Lipinski definition) is 4. The molecule has 0 fully saturated rings. The molecule has 0 aliphatic heterocycles. The van der Waals surface area contributed by atoms with Crippen LogP contribution >= 0.6 is 0 Å². The molecule has 0 saturated carbocycles. The van der Waals surface area contributed by atoms with Crippen molar-refractivity contribution in [3.63, 3.8) is 0 Å². The van der Waals surface area contributed by atoms with Gasteiger partial charge in [-0.05, 0) is 36.0 Å². The van der Waals surface area contributed by atoms with Crippen LogP contribution in [0.15, 0.2) is 54.8 Å². The second-order valence-electron chi connectivity index (χ2n) is 4.25. The van der Waals surface area contributed by atoms with Gasteiger partial charge >= 0.3 is 0 Å². The molecule has 0 N–H and O–H groups in total. The number of allylic oxidation sites excluding steroid dienone is 3. The van der Waals surface area contributed by atoms with Crippen molar-refractivity contribution in [3.05, 3.63) is 60.3 Å². The summed E-state index contributed by atoms with van der Waals surface area (Å²) >= 11 is 0. The van der Waals surface area contributed by atoms with E-state index in [-0.39, 0.29) is 5.57 Å². The molecule has 1 aromatic rings. The average Bonchev–Trinajstić information content (AvgIpc) is 2.52. The summed E-state index contributed by atoms with van der Waals surface area (Å²) in [6.07, 6.45) is 6.72. The number of rotatable bonds is 7. The molecule has 0 heterocycles. The Balaban J connectivity index is 2.36. The Labute approximate surface area is 125 Å². The van der Waals surface area contributed by atoms with E-state index in [1.165, 1.54) is 6.08 Å². The van der Waals surface area contributed by atoms with E-state index in [0.717, 1.165) is 11.3 Å². The second-order valence-corrected chi connectivity index (χ2v) is 4.25. The van der Waals surface area contributed by atoms with Gasteiger partial charge in [0.05, 0.1) is 6.54 Å². The first-order chi connectivity index (χ1) is 10.2. The van der Waals surface area contributed by atoms with E-state index in [9.17, 15) is 0 Å². The number of nitrogens with zero attached hydrogens (tertiary/aromatic N) is 3. The van der Waals surface area contributed by atoms with Gasteiger partial charge in [0.15, 0.2) is 0 Å². The Morgan fingerprint density at radius 2 is 1.95 bits per heavy atom. The zero-order valence-electron chi connectivity index (χ0n) is 12.0. The van der Waals surface area contributed by atoms with Gasteiger partial charge in [0, 0.05) is 7.05 Å². The van der Waals surface area contributed by atoms with E-state index in [4.69, 9.17) is 15.3 Å². The predicted molar refractivity (Wildman–Crippen MR) is 83.1 cm³/mol. The lowest BCUT2D eigenvalue weighted by molar-refractivity contribution is 0.274. The highest BCUT2D eigenvalue weighted by molar-refractivity contribution is 5.48. The van der Waals surface area contributed by atoms with Crippen LogP contribution < -0.4 is 4.74 Å². The van der Waals surface area contributed by atoms with E-state index < -0.39 is 0 Å². The summed E-state index contributed by atoms with van der Waals surface area (Å²) in [6, 6.07) is 11.3. The van der Waals surface area contributed by atoms with Gasteiger partial charge in [0.25, 0.3) is 0 Å². The molecular weight excluding hydrogens is 262 g/mol. The van der Waals surface area contributed by atoms with Crippen molar-refractivity contribution < 1.29 is 4.74 Å². The molecular formula is C17H17N3O. The molecule has 0 bridgehead atoms. The molecule has 1 rings (SSSR count). The average molecular weight is 279 g/mol. The lowest BCUT2D eigenvalue weighted by Crippen LogP contribution is -2.18. The zero-order valence-corrected chi connectivity index (χ0v) is 12.0. The minimum atomic E-state index is 0.0817. The summed E-state index contributed by atoms with van der Waals surface area (Å²) in [5.41, 5.74) is 1.14. The van der Waals surface area contributed by atoms with Crippen LogP contribution in [0.25, 0.3) is 6.08 Å². The number of benzene rings is 1. The van der Waals surface area contributed by atoms with Gasteiger partial charge < -0.3 is 9.64 Å². The quantitative estimate of drug-likeness (QED) is 0.568. The fourth-order valence-electron chi connectivity index (χ4n) is 1.47. The Hall–Kier alpha value is -2.98. The molecule has 0 spiro atoms. The first kappa shape index (κ1) is 16.1. The Morgan fingerprint density at radius 3 is 2.52 bits per heavy atom. The molecule has 21 heavy (non-hydrogen) atoms. The summed E-state index contributed by atoms with van der Waals surface area (Å²) in [5, 5.41) is 17.2. The smallest absolute Gasteiger partial charge is 0.129 e. The van der Waals surface area contributed by atoms with Crippen LogP contribution in [0.4, 0.5) is 0 Å². The molecule has 4 heteroatoms. The third-order valence-corrected chi connectivity index (χ3v) is 2.67. The summed E-state index contributed by atoms with van der Waals surface area (Å²) in [5.74, 6) is 0.814. The van der Waals surface area contributed by atoms with Gasteiger partial charge in [-0.1, -0.05) is 24.8 Å². The number of ether oxygens (including phenoxy) is 1. The molecule has 0 saturated heterocycles. The fraction of sp³-hybridized carbons (Fsp3) is 0.176. The second kappa shape index (κ2) is 9.01. The van der Waals surface area contributed by atoms with Crippen LogP contribution in [-0.2, 0) is 0 Å². The third-order valence-electron chi connectivity index (χ3n) is 2.67. The maximum absolute atomic E-state index is 8.58. The summed E-state index contributed by atoms with van der Waals surface area (Å²) in [7, 11) is 1.90. The van der Waals surface area contributed by atoms with Crippen molar-refractivity contribution in [1.82, 2.24) is 4.90 Å². The SMILES string of the molecule is C=Cc1ccc(OCCN(C)C=CC=C(C#N)C#N)cc1. The van der Waals surface area contributed by atoms with Crippen molar-refractivity contribution in [2.24, 2.45) is 0 Å². The van der Waals surface area contributed by atoms with E-state index in [1.54, 1.807) is 30.5 Å². The van der Waals surface area contributed by atoms with Crippen molar-refractivity contribution in [1.29, 1.82) is 10.5 Å². The van der Waals surface area contributed by atoms with Crippen molar-refractivity contribution in [2.45, 2.75) is 0 Å². The van der Waals surface area contributed by atoms with Gasteiger partial charge in [-0.3, -0.25) is 0 Å². The molecule has 4 nitrogen and oxygen atoms in total. The van der Waals surface area contributed by atoms with E-state index in [2.05, 4.69) is 6.58 Å². The highest BCUT2D eigenvalue weighted by Gasteiger charge is 1.95. The highest BCUT2D eigenvalue weighted by Crippen LogP contribution is 2.12. The van der Waals surface area contributed by atoms with Gasteiger partial charge in [-0.15, -0.1) is 0 Å². The zero-order chi connectivity index (χ0) is 15.5. The molecule has 0 aliphatic carbocycles. The number of hydrogen-bond donors (Lipinski definition) is 0. The standard InChI is InChI=1S/C17H17N3O/c1-3-15-6-8-17(9-7-15)21-12-11-20(2)10-4-5-16(13-18)14-19/h3-10H,1,11-12H2,2H3. The predicted octanol–water partition coefficient (Wildman–Crippen LogP) is 3.13. The van der Waals surface area contributed by atoms with Gasteiger partial charge in [0.2, 0.25) is 0 Å². The van der Waals surface area contributed by atoms with Crippen molar-refractivity contribution in [2.75, 3.05) is 20.2 Å². The summed E-state index contributed by atoms with van der Waals surface area (Å²) < 4.78 is 5.62. The molecule has 0 atom stereocenters. The van der Waals surface area contributed by atoms with Gasteiger partial charge in [0.1, 0.15) is 30.1 Å². The molecule has 1 aromatic carbocycles. The molecule has 0 amide bonds. The molecule has 0 radical (unpaired) electrons. The lowest BCUT2D eigenvalue weighted by atomic mass is 10.2. The molecule has 0 aromatic heterocycles. The van der Waals surface area contributed by atoms with E-state index >= 15 is 0 Å². The Kier molecular flexibility index (Phi) is 6.90. The first-order valence-electron chi connectivity index (χ1n) is 6.44. The summed E-state index contributed by atoms with van der Waals surface area (Å²) in [6.45, 7) is 4.94. The topological polar surface area (TPSA) is 60.0 Å². The minimum Gasteiger partial charge on any atom is -0.492 e. The highest BCUT2D eigenvalue weighted by atomic mass is 16.5. The third kappa shape index (κ3) is 6.13. The Bertz CT molecular complexity index is 584. The van der Waals surface area contributed by atoms with Gasteiger partial charge in [-0.2, -0.15) is 10.5 Å². The monoisotopic (exact) mass is 279 g/mol. The van der Waals surface area contributed by atoms with Crippen molar-refractivity contribution in [3.8, 4) is 17.9 Å². The van der Waals surface area contributed by atoms with Crippen LogP contribution in [0.3, 0.4) is 0 Å². The normalized spacial score (nSPS) is 9.48. The van der Waals surface area contributed by atoms with Crippen LogP contribution in [-0.4, -0.2) is 25.1 Å².